The van der Waals surface area contributed by atoms with Crippen molar-refractivity contribution in [3.63, 3.8) is 0 Å². The van der Waals surface area contributed by atoms with E-state index in [9.17, 15) is 5.11 Å². The van der Waals surface area contributed by atoms with Crippen LogP contribution in [0, 0.1) is 0 Å². The zero-order valence-corrected chi connectivity index (χ0v) is 7.12. The van der Waals surface area contributed by atoms with Gasteiger partial charge in [-0.3, -0.25) is 0 Å². The highest BCUT2D eigenvalue weighted by Gasteiger charge is 2.19. The van der Waals surface area contributed by atoms with Crippen LogP contribution in [0.3, 0.4) is 0 Å². The van der Waals surface area contributed by atoms with Crippen molar-refractivity contribution in [3.8, 4) is 0 Å². The second kappa shape index (κ2) is 3.31. The first kappa shape index (κ1) is 7.87. The van der Waals surface area contributed by atoms with Crippen molar-refractivity contribution in [2.24, 2.45) is 0 Å². The van der Waals surface area contributed by atoms with E-state index in [4.69, 9.17) is 4.74 Å². The van der Waals surface area contributed by atoms with Gasteiger partial charge in [-0.1, -0.05) is 0 Å². The Labute approximate surface area is 72.5 Å². The molecule has 0 aromatic rings. The zero-order chi connectivity index (χ0) is 8.39. The van der Waals surface area contributed by atoms with Crippen molar-refractivity contribution in [2.75, 3.05) is 0 Å². The van der Waals surface area contributed by atoms with Gasteiger partial charge in [0, 0.05) is 6.42 Å². The average Bonchev–Trinajstić information content (AvgIpc) is 2.38. The van der Waals surface area contributed by atoms with Gasteiger partial charge in [0.2, 0.25) is 0 Å². The lowest BCUT2D eigenvalue weighted by Crippen LogP contribution is -2.09. The van der Waals surface area contributed by atoms with Crippen LogP contribution in [0.4, 0.5) is 0 Å². The van der Waals surface area contributed by atoms with Crippen LogP contribution in [0.2, 0.25) is 0 Å². The summed E-state index contributed by atoms with van der Waals surface area (Å²) in [4.78, 5) is 0. The Hall–Kier alpha value is -0.760. The molecule has 2 nitrogen and oxygen atoms in total. The Morgan fingerprint density at radius 2 is 2.17 bits per heavy atom. The van der Waals surface area contributed by atoms with Crippen LogP contribution in [-0.2, 0) is 4.74 Å². The number of aliphatic hydroxyl groups excluding tert-OH is 1. The minimum atomic E-state index is -0.367. The smallest absolute Gasteiger partial charge is 0.128 e. The maximum absolute atomic E-state index is 9.61. The number of ether oxygens (including phenoxy) is 1. The number of allylic oxidation sites excluding steroid dienone is 3. The van der Waals surface area contributed by atoms with E-state index in [1.54, 1.807) is 0 Å². The summed E-state index contributed by atoms with van der Waals surface area (Å²) in [5.41, 5.74) is 0. The number of fused-ring (bicyclic) bond motifs is 2. The van der Waals surface area contributed by atoms with E-state index in [-0.39, 0.29) is 6.10 Å². The molecule has 2 heterocycles. The fourth-order valence-corrected chi connectivity index (χ4v) is 1.67. The van der Waals surface area contributed by atoms with Crippen LogP contribution in [0.1, 0.15) is 32.1 Å². The fourth-order valence-electron chi connectivity index (χ4n) is 1.67. The van der Waals surface area contributed by atoms with Gasteiger partial charge >= 0.3 is 0 Å². The van der Waals surface area contributed by atoms with Gasteiger partial charge in [-0.2, -0.15) is 0 Å². The maximum atomic E-state index is 9.61. The Morgan fingerprint density at radius 1 is 1.33 bits per heavy atom. The molecule has 0 aromatic heterocycles. The number of hydrogen-bond acceptors (Lipinski definition) is 2. The van der Waals surface area contributed by atoms with Crippen molar-refractivity contribution in [1.82, 2.24) is 0 Å². The van der Waals surface area contributed by atoms with E-state index in [0.717, 1.165) is 43.6 Å². The lowest BCUT2D eigenvalue weighted by atomic mass is 10.1. The molecular weight excluding hydrogens is 152 g/mol. The molecule has 2 heteroatoms. The Balaban J connectivity index is 2.23. The van der Waals surface area contributed by atoms with E-state index >= 15 is 0 Å². The molecule has 1 N–H and O–H groups in total. The topological polar surface area (TPSA) is 29.5 Å². The van der Waals surface area contributed by atoms with Gasteiger partial charge in [-0.15, -0.1) is 0 Å². The van der Waals surface area contributed by atoms with E-state index < -0.39 is 0 Å². The zero-order valence-electron chi connectivity index (χ0n) is 7.12. The van der Waals surface area contributed by atoms with Crippen LogP contribution < -0.4 is 0 Å². The summed E-state index contributed by atoms with van der Waals surface area (Å²) in [6.07, 6.45) is 8.68. The van der Waals surface area contributed by atoms with Crippen LogP contribution >= 0.6 is 0 Å². The lowest BCUT2D eigenvalue weighted by molar-refractivity contribution is 0.139. The normalized spacial score (nSPS) is 29.2. The number of rotatable bonds is 0. The third-order valence-corrected chi connectivity index (χ3v) is 2.36. The number of hydrogen-bond donors (Lipinski definition) is 1. The molecule has 0 radical (unpaired) electrons. The van der Waals surface area contributed by atoms with Crippen LogP contribution in [-0.4, -0.2) is 11.2 Å². The first-order valence-corrected chi connectivity index (χ1v) is 4.61. The highest BCUT2D eigenvalue weighted by atomic mass is 16.5. The average molecular weight is 166 g/mol. The Bertz CT molecular complexity index is 228. The molecule has 0 unspecified atom stereocenters. The minimum absolute atomic E-state index is 0.367. The predicted octanol–water partition coefficient (Wildman–Crippen LogP) is 2.11. The molecule has 66 valence electrons. The van der Waals surface area contributed by atoms with Gasteiger partial charge in [0.1, 0.15) is 11.9 Å². The third kappa shape index (κ3) is 1.53. The van der Waals surface area contributed by atoms with Gasteiger partial charge < -0.3 is 9.84 Å². The van der Waals surface area contributed by atoms with Gasteiger partial charge in [0.15, 0.2) is 0 Å². The first-order valence-electron chi connectivity index (χ1n) is 4.61. The molecule has 2 rings (SSSR count). The highest BCUT2D eigenvalue weighted by Crippen LogP contribution is 2.27. The molecule has 12 heavy (non-hydrogen) atoms. The second-order valence-corrected chi connectivity index (χ2v) is 3.36. The summed E-state index contributed by atoms with van der Waals surface area (Å²) in [7, 11) is 0. The van der Waals surface area contributed by atoms with E-state index in [1.807, 2.05) is 6.08 Å². The molecule has 1 atom stereocenters. The molecule has 0 aromatic carbocycles. The molecule has 2 aliphatic rings. The summed E-state index contributed by atoms with van der Waals surface area (Å²) in [6, 6.07) is 0. The molecular formula is C10H14O2. The van der Waals surface area contributed by atoms with Crippen LogP contribution in [0.5, 0.6) is 0 Å². The summed E-state index contributed by atoms with van der Waals surface area (Å²) >= 11 is 0. The SMILES string of the molecule is O[C@@H]1CCCC2=CCCC=C1O2. The number of aliphatic hydroxyl groups is 1. The highest BCUT2D eigenvalue weighted by molar-refractivity contribution is 5.12. The molecule has 1 saturated heterocycles. The van der Waals surface area contributed by atoms with E-state index in [2.05, 4.69) is 6.08 Å². The van der Waals surface area contributed by atoms with E-state index in [1.165, 1.54) is 0 Å². The second-order valence-electron chi connectivity index (χ2n) is 3.36. The predicted molar refractivity (Wildman–Crippen MR) is 46.3 cm³/mol. The van der Waals surface area contributed by atoms with Crippen molar-refractivity contribution in [2.45, 2.75) is 38.2 Å². The summed E-state index contributed by atoms with van der Waals surface area (Å²) in [5, 5.41) is 9.61. The third-order valence-electron chi connectivity index (χ3n) is 2.36. The Kier molecular flexibility index (Phi) is 2.17. The molecule has 2 aliphatic heterocycles. The van der Waals surface area contributed by atoms with Gasteiger partial charge in [0.25, 0.3) is 0 Å². The van der Waals surface area contributed by atoms with Crippen LogP contribution in [0.25, 0.3) is 0 Å². The quantitative estimate of drug-likeness (QED) is 0.597. The molecule has 0 aliphatic carbocycles. The first-order chi connectivity index (χ1) is 5.86. The minimum Gasteiger partial charge on any atom is -0.464 e. The standard InChI is InChI=1S/C10H14O2/c11-9-6-3-5-8-4-1-2-7-10(9)12-8/h4,7,9,11H,1-3,5-6H2/t9-/m1/s1. The summed E-state index contributed by atoms with van der Waals surface area (Å²) in [5.74, 6) is 1.83. The van der Waals surface area contributed by atoms with E-state index in [0.29, 0.717) is 0 Å². The van der Waals surface area contributed by atoms with Crippen LogP contribution in [0.15, 0.2) is 23.7 Å². The Morgan fingerprint density at radius 3 is 3.08 bits per heavy atom. The van der Waals surface area contributed by atoms with Crippen molar-refractivity contribution in [3.05, 3.63) is 23.7 Å². The van der Waals surface area contributed by atoms with Crippen molar-refractivity contribution < 1.29 is 9.84 Å². The molecule has 1 fully saturated rings. The molecule has 0 saturated carbocycles. The molecule has 0 spiro atoms. The van der Waals surface area contributed by atoms with Gasteiger partial charge in [0.05, 0.1) is 5.76 Å². The summed E-state index contributed by atoms with van der Waals surface area (Å²) in [6.45, 7) is 0. The maximum Gasteiger partial charge on any atom is 0.128 e. The molecule has 0 amide bonds. The van der Waals surface area contributed by atoms with Gasteiger partial charge in [-0.25, -0.2) is 0 Å². The largest absolute Gasteiger partial charge is 0.464 e. The van der Waals surface area contributed by atoms with Crippen molar-refractivity contribution in [1.29, 1.82) is 0 Å². The molecule has 2 bridgehead atoms. The van der Waals surface area contributed by atoms with Gasteiger partial charge in [-0.05, 0) is 37.8 Å². The monoisotopic (exact) mass is 166 g/mol. The lowest BCUT2D eigenvalue weighted by Gasteiger charge is -2.10. The summed E-state index contributed by atoms with van der Waals surface area (Å²) < 4.78 is 5.56. The van der Waals surface area contributed by atoms with Crippen molar-refractivity contribution >= 4 is 0 Å². The fraction of sp³-hybridized carbons (Fsp3) is 0.600.